The van der Waals surface area contributed by atoms with E-state index in [9.17, 15) is 4.79 Å². The zero-order valence-corrected chi connectivity index (χ0v) is 9.29. The highest BCUT2D eigenvalue weighted by Gasteiger charge is 2.21. The quantitative estimate of drug-likeness (QED) is 0.679. The number of carboxylic acids is 1. The maximum atomic E-state index is 11.0. The van der Waals surface area contributed by atoms with E-state index < -0.39 is 5.97 Å². The summed E-state index contributed by atoms with van der Waals surface area (Å²) in [4.78, 5) is 11.0. The summed E-state index contributed by atoms with van der Waals surface area (Å²) in [6, 6.07) is 3.50. The topological polar surface area (TPSA) is 75.3 Å². The smallest absolute Gasteiger partial charge is 0.337 e. The Balaban J connectivity index is 2.20. The lowest BCUT2D eigenvalue weighted by Crippen LogP contribution is -2.08. The van der Waals surface area contributed by atoms with Gasteiger partial charge in [-0.1, -0.05) is 0 Å². The normalized spacial score (nSPS) is 14.8. The maximum Gasteiger partial charge on any atom is 0.337 e. The number of hydrogen-bond acceptors (Lipinski definition) is 3. The van der Waals surface area contributed by atoms with Crippen molar-refractivity contribution in [2.24, 2.45) is 5.92 Å². The van der Waals surface area contributed by atoms with Crippen molar-refractivity contribution in [3.63, 3.8) is 0 Å². The van der Waals surface area contributed by atoms with E-state index in [2.05, 4.69) is 5.32 Å². The van der Waals surface area contributed by atoms with E-state index in [4.69, 9.17) is 10.8 Å². The Morgan fingerprint density at radius 1 is 1.56 bits per heavy atom. The molecular formula is C12H16N2O2. The highest BCUT2D eigenvalue weighted by molar-refractivity contribution is 5.95. The van der Waals surface area contributed by atoms with E-state index >= 15 is 0 Å². The zero-order valence-electron chi connectivity index (χ0n) is 9.29. The maximum absolute atomic E-state index is 11.0. The van der Waals surface area contributed by atoms with Crippen LogP contribution in [-0.4, -0.2) is 17.6 Å². The Morgan fingerprint density at radius 2 is 2.25 bits per heavy atom. The fourth-order valence-corrected chi connectivity index (χ4v) is 1.66. The summed E-state index contributed by atoms with van der Waals surface area (Å²) in [6.45, 7) is 2.74. The highest BCUT2D eigenvalue weighted by Crippen LogP contribution is 2.30. The summed E-state index contributed by atoms with van der Waals surface area (Å²) < 4.78 is 0. The minimum atomic E-state index is -0.976. The van der Waals surface area contributed by atoms with E-state index in [1.165, 1.54) is 12.8 Å². The van der Waals surface area contributed by atoms with Gasteiger partial charge in [-0.05, 0) is 43.4 Å². The minimum absolute atomic E-state index is 0.179. The van der Waals surface area contributed by atoms with Crippen molar-refractivity contribution in [2.75, 3.05) is 17.6 Å². The second-order valence-electron chi connectivity index (χ2n) is 4.38. The Kier molecular flexibility index (Phi) is 2.73. The molecule has 0 aliphatic heterocycles. The second-order valence-corrected chi connectivity index (χ2v) is 4.38. The summed E-state index contributed by atoms with van der Waals surface area (Å²) in [5.41, 5.74) is 7.89. The molecule has 1 fully saturated rings. The zero-order chi connectivity index (χ0) is 11.7. The number of anilines is 2. The fourth-order valence-electron chi connectivity index (χ4n) is 1.66. The SMILES string of the molecule is Cc1cc(NCC2CC2)cc(C(=O)O)c1N. The van der Waals surface area contributed by atoms with Crippen molar-refractivity contribution in [3.8, 4) is 0 Å². The number of nitrogens with two attached hydrogens (primary N) is 1. The van der Waals surface area contributed by atoms with E-state index in [1.807, 2.05) is 13.0 Å². The third-order valence-electron chi connectivity index (χ3n) is 2.91. The molecule has 0 aromatic heterocycles. The van der Waals surface area contributed by atoms with Crippen LogP contribution in [0.4, 0.5) is 11.4 Å². The molecule has 4 heteroatoms. The van der Waals surface area contributed by atoms with E-state index in [1.54, 1.807) is 6.07 Å². The summed E-state index contributed by atoms with van der Waals surface area (Å²) in [5.74, 6) is -0.221. The van der Waals surface area contributed by atoms with Crippen LogP contribution in [0.3, 0.4) is 0 Å². The van der Waals surface area contributed by atoms with E-state index in [0.29, 0.717) is 5.69 Å². The molecule has 2 rings (SSSR count). The van der Waals surface area contributed by atoms with Gasteiger partial charge in [-0.2, -0.15) is 0 Å². The summed E-state index contributed by atoms with van der Waals surface area (Å²) >= 11 is 0. The van der Waals surface area contributed by atoms with Crippen LogP contribution in [-0.2, 0) is 0 Å². The first kappa shape index (κ1) is 10.8. The van der Waals surface area contributed by atoms with Crippen molar-refractivity contribution in [2.45, 2.75) is 19.8 Å². The molecule has 1 aliphatic carbocycles. The lowest BCUT2D eigenvalue weighted by atomic mass is 10.1. The van der Waals surface area contributed by atoms with Crippen LogP contribution in [0.2, 0.25) is 0 Å². The third kappa shape index (κ3) is 2.27. The van der Waals surface area contributed by atoms with Crippen LogP contribution in [0.15, 0.2) is 12.1 Å². The van der Waals surface area contributed by atoms with Crippen molar-refractivity contribution in [3.05, 3.63) is 23.3 Å². The average Bonchev–Trinajstić information content (AvgIpc) is 3.02. The molecule has 0 unspecified atom stereocenters. The molecule has 0 bridgehead atoms. The molecule has 16 heavy (non-hydrogen) atoms. The standard InChI is InChI=1S/C12H16N2O2/c1-7-4-9(14-6-8-2-3-8)5-10(11(7)13)12(15)16/h4-5,8,14H,2-3,6,13H2,1H3,(H,15,16). The fraction of sp³-hybridized carbons (Fsp3) is 0.417. The van der Waals surface area contributed by atoms with Crippen LogP contribution < -0.4 is 11.1 Å². The Morgan fingerprint density at radius 3 is 2.81 bits per heavy atom. The number of carboxylic acid groups (broad SMARTS) is 1. The molecule has 0 heterocycles. The van der Waals surface area contributed by atoms with Gasteiger partial charge in [-0.15, -0.1) is 0 Å². The molecule has 1 saturated carbocycles. The van der Waals surface area contributed by atoms with E-state index in [-0.39, 0.29) is 5.56 Å². The van der Waals surface area contributed by atoms with Gasteiger partial charge in [0.2, 0.25) is 0 Å². The summed E-state index contributed by atoms with van der Waals surface area (Å²) in [7, 11) is 0. The van der Waals surface area contributed by atoms with Gasteiger partial charge in [0, 0.05) is 17.9 Å². The Hall–Kier alpha value is -1.71. The molecule has 1 aliphatic rings. The number of aryl methyl sites for hydroxylation is 1. The van der Waals surface area contributed by atoms with Gasteiger partial charge in [-0.3, -0.25) is 0 Å². The molecule has 1 aromatic rings. The predicted molar refractivity (Wildman–Crippen MR) is 63.8 cm³/mol. The summed E-state index contributed by atoms with van der Waals surface area (Å²) in [6.07, 6.45) is 2.54. The van der Waals surface area contributed by atoms with Gasteiger partial charge in [0.25, 0.3) is 0 Å². The third-order valence-corrected chi connectivity index (χ3v) is 2.91. The van der Waals surface area contributed by atoms with Gasteiger partial charge in [0.15, 0.2) is 0 Å². The van der Waals surface area contributed by atoms with Crippen molar-refractivity contribution < 1.29 is 9.90 Å². The molecule has 0 radical (unpaired) electrons. The number of hydrogen-bond donors (Lipinski definition) is 3. The molecule has 86 valence electrons. The Labute approximate surface area is 94.5 Å². The van der Waals surface area contributed by atoms with Crippen molar-refractivity contribution in [1.29, 1.82) is 0 Å². The van der Waals surface area contributed by atoms with Gasteiger partial charge in [-0.25, -0.2) is 4.79 Å². The molecule has 4 N–H and O–H groups in total. The molecule has 4 nitrogen and oxygen atoms in total. The second kappa shape index (κ2) is 4.04. The van der Waals surface area contributed by atoms with Gasteiger partial charge >= 0.3 is 5.97 Å². The Bertz CT molecular complexity index is 425. The molecule has 0 saturated heterocycles. The van der Waals surface area contributed by atoms with E-state index in [0.717, 1.165) is 23.7 Å². The monoisotopic (exact) mass is 220 g/mol. The lowest BCUT2D eigenvalue weighted by molar-refractivity contribution is 0.0698. The first-order valence-electron chi connectivity index (χ1n) is 5.45. The lowest BCUT2D eigenvalue weighted by Gasteiger charge is -2.10. The number of rotatable bonds is 4. The van der Waals surface area contributed by atoms with Gasteiger partial charge in [0.1, 0.15) is 0 Å². The largest absolute Gasteiger partial charge is 0.478 e. The molecule has 1 aromatic carbocycles. The number of benzene rings is 1. The van der Waals surface area contributed by atoms with Crippen LogP contribution in [0.1, 0.15) is 28.8 Å². The number of nitrogens with one attached hydrogen (secondary N) is 1. The van der Waals surface area contributed by atoms with Crippen LogP contribution in [0.5, 0.6) is 0 Å². The summed E-state index contributed by atoms with van der Waals surface area (Å²) in [5, 5.41) is 12.2. The molecular weight excluding hydrogens is 204 g/mol. The number of aromatic carboxylic acids is 1. The van der Waals surface area contributed by atoms with Gasteiger partial charge < -0.3 is 16.2 Å². The van der Waals surface area contributed by atoms with Gasteiger partial charge in [0.05, 0.1) is 5.56 Å². The van der Waals surface area contributed by atoms with Crippen LogP contribution in [0.25, 0.3) is 0 Å². The number of carbonyl (C=O) groups is 1. The average molecular weight is 220 g/mol. The van der Waals surface area contributed by atoms with Crippen LogP contribution >= 0.6 is 0 Å². The predicted octanol–water partition coefficient (Wildman–Crippen LogP) is 2.10. The first-order chi connectivity index (χ1) is 7.58. The molecule has 0 spiro atoms. The van der Waals surface area contributed by atoms with Crippen molar-refractivity contribution >= 4 is 17.3 Å². The number of nitrogen functional groups attached to an aromatic ring is 1. The first-order valence-corrected chi connectivity index (χ1v) is 5.45. The highest BCUT2D eigenvalue weighted by atomic mass is 16.4. The van der Waals surface area contributed by atoms with Crippen molar-refractivity contribution in [1.82, 2.24) is 0 Å². The van der Waals surface area contributed by atoms with Crippen LogP contribution in [0, 0.1) is 12.8 Å². The minimum Gasteiger partial charge on any atom is -0.478 e. The molecule has 0 atom stereocenters. The molecule has 0 amide bonds.